The van der Waals surface area contributed by atoms with Crippen molar-refractivity contribution in [2.75, 3.05) is 42.1 Å². The van der Waals surface area contributed by atoms with Gasteiger partial charge >= 0.3 is 0 Å². The normalized spacial score (nSPS) is 14.4. The van der Waals surface area contributed by atoms with Crippen molar-refractivity contribution in [1.29, 1.82) is 0 Å². The molecule has 2 aromatic carbocycles. The summed E-state index contributed by atoms with van der Waals surface area (Å²) < 4.78 is 0. The average Bonchev–Trinajstić information content (AvgIpc) is 2.87. The van der Waals surface area contributed by atoms with Crippen molar-refractivity contribution in [1.82, 2.24) is 19.9 Å². The van der Waals surface area contributed by atoms with Gasteiger partial charge in [-0.15, -0.1) is 0 Å². The summed E-state index contributed by atoms with van der Waals surface area (Å²) in [5, 5.41) is 3.24. The zero-order chi connectivity index (χ0) is 23.3. The second-order valence-electron chi connectivity index (χ2n) is 8.55. The molecular formula is C27H29N7. The minimum absolute atomic E-state index is 0.219. The monoisotopic (exact) mass is 451 g/mol. The molecule has 0 atom stereocenters. The Morgan fingerprint density at radius 1 is 0.824 bits per heavy atom. The fourth-order valence-corrected chi connectivity index (χ4v) is 4.54. The molecule has 0 saturated carbocycles. The first kappa shape index (κ1) is 21.9. The SMILES string of the molecule is Cc1ccnc(Nc2ncnc(N3CCN(C(c4ccccc4)c4ccccc4)CC3)c2N)c1. The quantitative estimate of drug-likeness (QED) is 0.449. The second kappa shape index (κ2) is 9.89. The lowest BCUT2D eigenvalue weighted by Crippen LogP contribution is -2.48. The van der Waals surface area contributed by atoms with Crippen LogP contribution in [0.4, 0.5) is 23.1 Å². The number of aryl methyl sites for hydroxylation is 1. The molecule has 7 nitrogen and oxygen atoms in total. The van der Waals surface area contributed by atoms with E-state index in [0.29, 0.717) is 11.5 Å². The van der Waals surface area contributed by atoms with Crippen LogP contribution >= 0.6 is 0 Å². The molecule has 172 valence electrons. The second-order valence-corrected chi connectivity index (χ2v) is 8.55. The highest BCUT2D eigenvalue weighted by Gasteiger charge is 2.28. The Morgan fingerprint density at radius 3 is 2.09 bits per heavy atom. The number of nitrogen functional groups attached to an aromatic ring is 1. The number of benzene rings is 2. The zero-order valence-electron chi connectivity index (χ0n) is 19.3. The summed E-state index contributed by atoms with van der Waals surface area (Å²) in [5.41, 5.74) is 10.8. The van der Waals surface area contributed by atoms with Crippen molar-refractivity contribution in [2.45, 2.75) is 13.0 Å². The third kappa shape index (κ3) is 4.70. The summed E-state index contributed by atoms with van der Waals surface area (Å²) in [6.07, 6.45) is 3.33. The number of nitrogens with two attached hydrogens (primary N) is 1. The number of aromatic nitrogens is 3. The molecule has 7 heteroatoms. The molecule has 3 N–H and O–H groups in total. The van der Waals surface area contributed by atoms with Gasteiger partial charge in [-0.25, -0.2) is 15.0 Å². The molecule has 0 amide bonds. The van der Waals surface area contributed by atoms with Gasteiger partial charge in [0, 0.05) is 32.4 Å². The van der Waals surface area contributed by atoms with Gasteiger partial charge < -0.3 is 16.0 Å². The van der Waals surface area contributed by atoms with Crippen LogP contribution in [0.15, 0.2) is 85.3 Å². The Balaban J connectivity index is 1.34. The lowest BCUT2D eigenvalue weighted by atomic mass is 9.96. The summed E-state index contributed by atoms with van der Waals surface area (Å²) >= 11 is 0. The first-order valence-corrected chi connectivity index (χ1v) is 11.6. The molecule has 0 spiro atoms. The molecule has 2 aromatic heterocycles. The molecular weight excluding hydrogens is 422 g/mol. The number of hydrogen-bond donors (Lipinski definition) is 2. The number of hydrogen-bond acceptors (Lipinski definition) is 7. The highest BCUT2D eigenvalue weighted by Crippen LogP contribution is 2.32. The molecule has 1 aliphatic heterocycles. The van der Waals surface area contributed by atoms with Crippen LogP contribution in [0.3, 0.4) is 0 Å². The van der Waals surface area contributed by atoms with E-state index in [1.165, 1.54) is 11.1 Å². The highest BCUT2D eigenvalue weighted by molar-refractivity contribution is 5.77. The predicted octanol–water partition coefficient (Wildman–Crippen LogP) is 4.42. The first-order chi connectivity index (χ1) is 16.7. The molecule has 0 aliphatic carbocycles. The van der Waals surface area contributed by atoms with E-state index in [1.54, 1.807) is 12.5 Å². The van der Waals surface area contributed by atoms with Gasteiger partial charge in [0.2, 0.25) is 0 Å². The number of rotatable bonds is 6. The van der Waals surface area contributed by atoms with Gasteiger partial charge in [0.15, 0.2) is 11.6 Å². The maximum Gasteiger partial charge on any atom is 0.160 e. The summed E-state index contributed by atoms with van der Waals surface area (Å²) in [4.78, 5) is 18.0. The van der Waals surface area contributed by atoms with Crippen molar-refractivity contribution in [2.24, 2.45) is 0 Å². The summed E-state index contributed by atoms with van der Waals surface area (Å²) in [6, 6.07) is 25.6. The zero-order valence-corrected chi connectivity index (χ0v) is 19.3. The molecule has 34 heavy (non-hydrogen) atoms. The molecule has 1 aliphatic rings. The predicted molar refractivity (Wildman–Crippen MR) is 137 cm³/mol. The van der Waals surface area contributed by atoms with E-state index in [0.717, 1.165) is 43.4 Å². The van der Waals surface area contributed by atoms with Crippen LogP contribution in [0, 0.1) is 6.92 Å². The summed E-state index contributed by atoms with van der Waals surface area (Å²) in [5.74, 6) is 2.06. The molecule has 0 bridgehead atoms. The number of piperazine rings is 1. The highest BCUT2D eigenvalue weighted by atomic mass is 15.3. The molecule has 0 unspecified atom stereocenters. The third-order valence-corrected chi connectivity index (χ3v) is 6.23. The van der Waals surface area contributed by atoms with Crippen LogP contribution in [0.1, 0.15) is 22.7 Å². The number of nitrogens with zero attached hydrogens (tertiary/aromatic N) is 5. The Labute approximate surface area is 200 Å². The van der Waals surface area contributed by atoms with E-state index in [4.69, 9.17) is 5.73 Å². The van der Waals surface area contributed by atoms with Crippen molar-refractivity contribution in [3.63, 3.8) is 0 Å². The largest absolute Gasteiger partial charge is 0.393 e. The maximum absolute atomic E-state index is 6.51. The van der Waals surface area contributed by atoms with E-state index in [9.17, 15) is 0 Å². The Bertz CT molecular complexity index is 1180. The third-order valence-electron chi connectivity index (χ3n) is 6.23. The van der Waals surface area contributed by atoms with Crippen LogP contribution in [-0.4, -0.2) is 46.0 Å². The van der Waals surface area contributed by atoms with Gasteiger partial charge in [-0.3, -0.25) is 4.90 Å². The fraction of sp³-hybridized carbons (Fsp3) is 0.222. The van der Waals surface area contributed by atoms with Gasteiger partial charge in [0.25, 0.3) is 0 Å². The van der Waals surface area contributed by atoms with Gasteiger partial charge in [0.1, 0.15) is 17.8 Å². The lowest BCUT2D eigenvalue weighted by molar-refractivity contribution is 0.212. The van der Waals surface area contributed by atoms with Crippen molar-refractivity contribution in [3.8, 4) is 0 Å². The Hall–Kier alpha value is -3.97. The molecule has 4 aromatic rings. The van der Waals surface area contributed by atoms with Gasteiger partial charge in [0.05, 0.1) is 6.04 Å². The van der Waals surface area contributed by atoms with Gasteiger partial charge in [-0.2, -0.15) is 0 Å². The van der Waals surface area contributed by atoms with E-state index < -0.39 is 0 Å². The van der Waals surface area contributed by atoms with Gasteiger partial charge in [-0.05, 0) is 35.7 Å². The van der Waals surface area contributed by atoms with Crippen LogP contribution in [-0.2, 0) is 0 Å². The summed E-state index contributed by atoms with van der Waals surface area (Å²) in [6.45, 7) is 5.50. The minimum Gasteiger partial charge on any atom is -0.393 e. The maximum atomic E-state index is 6.51. The molecule has 1 saturated heterocycles. The van der Waals surface area contributed by atoms with Gasteiger partial charge in [-0.1, -0.05) is 60.7 Å². The topological polar surface area (TPSA) is 83.2 Å². The minimum atomic E-state index is 0.219. The van der Waals surface area contributed by atoms with Crippen molar-refractivity contribution in [3.05, 3.63) is 102 Å². The fourth-order valence-electron chi connectivity index (χ4n) is 4.54. The molecule has 1 fully saturated rings. The standard InChI is InChI=1S/C27H29N7/c1-20-12-13-29-23(18-20)32-26-24(28)27(31-19-30-26)34-16-14-33(15-17-34)25(21-8-4-2-5-9-21)22-10-6-3-7-11-22/h2-13,18-19,25H,14-17,28H2,1H3,(H,29,30,31,32). The first-order valence-electron chi connectivity index (χ1n) is 11.6. The Morgan fingerprint density at radius 2 is 1.47 bits per heavy atom. The van der Waals surface area contributed by atoms with Crippen LogP contribution in [0.2, 0.25) is 0 Å². The van der Waals surface area contributed by atoms with E-state index in [-0.39, 0.29) is 6.04 Å². The average molecular weight is 452 g/mol. The van der Waals surface area contributed by atoms with E-state index >= 15 is 0 Å². The number of pyridine rings is 1. The van der Waals surface area contributed by atoms with E-state index in [1.807, 2.05) is 19.1 Å². The lowest BCUT2D eigenvalue weighted by Gasteiger charge is -2.40. The molecule has 0 radical (unpaired) electrons. The number of nitrogens with one attached hydrogen (secondary N) is 1. The number of anilines is 4. The smallest absolute Gasteiger partial charge is 0.160 e. The van der Waals surface area contributed by atoms with Crippen molar-refractivity contribution >= 4 is 23.1 Å². The molecule has 3 heterocycles. The van der Waals surface area contributed by atoms with Crippen LogP contribution < -0.4 is 16.0 Å². The Kier molecular flexibility index (Phi) is 6.35. The van der Waals surface area contributed by atoms with E-state index in [2.05, 4.69) is 90.7 Å². The van der Waals surface area contributed by atoms with Crippen molar-refractivity contribution < 1.29 is 0 Å². The van der Waals surface area contributed by atoms with Crippen LogP contribution in [0.5, 0.6) is 0 Å². The summed E-state index contributed by atoms with van der Waals surface area (Å²) in [7, 11) is 0. The molecule has 5 rings (SSSR count). The van der Waals surface area contributed by atoms with Crippen LogP contribution in [0.25, 0.3) is 0 Å².